The van der Waals surface area contributed by atoms with Gasteiger partial charge in [0, 0.05) is 44.7 Å². The summed E-state index contributed by atoms with van der Waals surface area (Å²) < 4.78 is 1.61. The number of hydrogen-bond acceptors (Lipinski definition) is 3. The lowest BCUT2D eigenvalue weighted by molar-refractivity contribution is -0.119. The minimum atomic E-state index is -0.304. The number of rotatable bonds is 3. The van der Waals surface area contributed by atoms with Gasteiger partial charge in [0.15, 0.2) is 0 Å². The molecule has 2 heterocycles. The van der Waals surface area contributed by atoms with Crippen LogP contribution < -0.4 is 15.5 Å². The predicted octanol–water partition coefficient (Wildman–Crippen LogP) is 2.00. The first-order valence-electron chi connectivity index (χ1n) is 7.86. The summed E-state index contributed by atoms with van der Waals surface area (Å²) in [4.78, 5) is 25.9. The number of amides is 3. The molecule has 0 aliphatic carbocycles. The van der Waals surface area contributed by atoms with Crippen LogP contribution in [0.3, 0.4) is 0 Å². The van der Waals surface area contributed by atoms with Crippen LogP contribution in [0.5, 0.6) is 0 Å². The average molecular weight is 327 g/mol. The highest BCUT2D eigenvalue weighted by atomic mass is 16.2. The van der Waals surface area contributed by atoms with Gasteiger partial charge in [0.25, 0.3) is 0 Å². The molecule has 0 bridgehead atoms. The molecule has 126 valence electrons. The standard InChI is InChI=1S/C17H21N5O2/c1-11-8-15(22(3)20-11)19-17(24)18-10-12-9-16(23)21(2)14-7-5-4-6-13(12)14/h4-8,12H,9-10H2,1-3H3,(H2,18,19,24). The van der Waals surface area contributed by atoms with E-state index in [4.69, 9.17) is 0 Å². The van der Waals surface area contributed by atoms with Crippen LogP contribution in [-0.2, 0) is 11.8 Å². The molecule has 0 spiro atoms. The molecule has 1 atom stereocenters. The van der Waals surface area contributed by atoms with E-state index < -0.39 is 0 Å². The molecule has 1 aromatic carbocycles. The first kappa shape index (κ1) is 16.0. The Morgan fingerprint density at radius 2 is 2.08 bits per heavy atom. The fourth-order valence-electron chi connectivity index (χ4n) is 3.02. The van der Waals surface area contributed by atoms with E-state index in [0.717, 1.165) is 16.9 Å². The molecule has 0 radical (unpaired) electrons. The summed E-state index contributed by atoms with van der Waals surface area (Å²) in [5.74, 6) is 0.664. The molecular weight excluding hydrogens is 306 g/mol. The molecule has 24 heavy (non-hydrogen) atoms. The van der Waals surface area contributed by atoms with Crippen molar-refractivity contribution in [2.45, 2.75) is 19.3 Å². The van der Waals surface area contributed by atoms with Crippen LogP contribution in [0.1, 0.15) is 23.6 Å². The number of para-hydroxylation sites is 1. The fourth-order valence-corrected chi connectivity index (χ4v) is 3.02. The van der Waals surface area contributed by atoms with Gasteiger partial charge in [0.1, 0.15) is 5.82 Å². The summed E-state index contributed by atoms with van der Waals surface area (Å²) in [5.41, 5.74) is 2.82. The average Bonchev–Trinajstić information content (AvgIpc) is 2.87. The maximum atomic E-state index is 12.1. The van der Waals surface area contributed by atoms with Crippen LogP contribution >= 0.6 is 0 Å². The van der Waals surface area contributed by atoms with Crippen molar-refractivity contribution < 1.29 is 9.59 Å². The third-order valence-corrected chi connectivity index (χ3v) is 4.29. The first-order chi connectivity index (χ1) is 11.5. The zero-order chi connectivity index (χ0) is 17.3. The molecule has 3 rings (SSSR count). The van der Waals surface area contributed by atoms with Gasteiger partial charge < -0.3 is 10.2 Å². The normalized spacial score (nSPS) is 16.7. The molecule has 3 amide bonds. The summed E-state index contributed by atoms with van der Waals surface area (Å²) in [5, 5.41) is 9.81. The Labute approximate surface area is 140 Å². The van der Waals surface area contributed by atoms with Gasteiger partial charge in [0.05, 0.1) is 5.69 Å². The van der Waals surface area contributed by atoms with Crippen molar-refractivity contribution in [1.29, 1.82) is 0 Å². The molecule has 2 N–H and O–H groups in total. The van der Waals surface area contributed by atoms with Gasteiger partial charge in [-0.25, -0.2) is 4.79 Å². The van der Waals surface area contributed by atoms with Crippen LogP contribution in [0, 0.1) is 6.92 Å². The van der Waals surface area contributed by atoms with Crippen molar-refractivity contribution in [3.63, 3.8) is 0 Å². The number of aryl methyl sites for hydroxylation is 2. The second-order valence-corrected chi connectivity index (χ2v) is 6.04. The zero-order valence-electron chi connectivity index (χ0n) is 14.0. The lowest BCUT2D eigenvalue weighted by Gasteiger charge is -2.31. The van der Waals surface area contributed by atoms with Gasteiger partial charge >= 0.3 is 6.03 Å². The van der Waals surface area contributed by atoms with Gasteiger partial charge in [0.2, 0.25) is 5.91 Å². The third-order valence-electron chi connectivity index (χ3n) is 4.29. The van der Waals surface area contributed by atoms with Crippen LogP contribution in [0.4, 0.5) is 16.3 Å². The number of carbonyl (C=O) groups is 2. The van der Waals surface area contributed by atoms with E-state index in [1.165, 1.54) is 0 Å². The lowest BCUT2D eigenvalue weighted by Crippen LogP contribution is -2.39. The van der Waals surface area contributed by atoms with Crippen molar-refractivity contribution >= 4 is 23.4 Å². The summed E-state index contributed by atoms with van der Waals surface area (Å²) in [6, 6.07) is 9.30. The maximum absolute atomic E-state index is 12.1. The molecule has 2 aromatic rings. The maximum Gasteiger partial charge on any atom is 0.320 e. The lowest BCUT2D eigenvalue weighted by atomic mass is 9.89. The number of benzene rings is 1. The van der Waals surface area contributed by atoms with E-state index in [2.05, 4.69) is 15.7 Å². The Kier molecular flexibility index (Phi) is 4.24. The molecule has 7 heteroatoms. The van der Waals surface area contributed by atoms with Gasteiger partial charge in [-0.15, -0.1) is 0 Å². The Morgan fingerprint density at radius 3 is 2.79 bits per heavy atom. The molecule has 1 aliphatic heterocycles. The van der Waals surface area contributed by atoms with Gasteiger partial charge in [-0.2, -0.15) is 5.10 Å². The third kappa shape index (κ3) is 3.10. The molecule has 0 saturated carbocycles. The van der Waals surface area contributed by atoms with E-state index in [-0.39, 0.29) is 17.9 Å². The summed E-state index contributed by atoms with van der Waals surface area (Å²) in [7, 11) is 3.55. The number of nitrogens with zero attached hydrogens (tertiary/aromatic N) is 3. The second kappa shape index (κ2) is 6.35. The topological polar surface area (TPSA) is 79.3 Å². The second-order valence-electron chi connectivity index (χ2n) is 6.04. The minimum Gasteiger partial charge on any atom is -0.337 e. The van der Waals surface area contributed by atoms with Crippen molar-refractivity contribution in [2.24, 2.45) is 7.05 Å². The summed E-state index contributed by atoms with van der Waals surface area (Å²) >= 11 is 0. The highest BCUT2D eigenvalue weighted by Gasteiger charge is 2.28. The molecule has 7 nitrogen and oxygen atoms in total. The minimum absolute atomic E-state index is 0.0241. The van der Waals surface area contributed by atoms with Gasteiger partial charge in [-0.1, -0.05) is 18.2 Å². The zero-order valence-corrected chi connectivity index (χ0v) is 14.0. The Hall–Kier alpha value is -2.83. The highest BCUT2D eigenvalue weighted by Crippen LogP contribution is 2.34. The van der Waals surface area contributed by atoms with Crippen LogP contribution in [0.2, 0.25) is 0 Å². The quantitative estimate of drug-likeness (QED) is 0.905. The predicted molar refractivity (Wildman–Crippen MR) is 92.2 cm³/mol. The molecule has 0 fully saturated rings. The van der Waals surface area contributed by atoms with Gasteiger partial charge in [-0.05, 0) is 18.6 Å². The van der Waals surface area contributed by atoms with Crippen molar-refractivity contribution in [3.05, 3.63) is 41.6 Å². The molecule has 1 aliphatic rings. The van der Waals surface area contributed by atoms with Crippen molar-refractivity contribution in [3.8, 4) is 0 Å². The Balaban J connectivity index is 1.66. The number of hydrogen-bond donors (Lipinski definition) is 2. The van der Waals surface area contributed by atoms with Gasteiger partial charge in [-0.3, -0.25) is 14.8 Å². The number of anilines is 2. The fraction of sp³-hybridized carbons (Fsp3) is 0.353. The van der Waals surface area contributed by atoms with Crippen molar-refractivity contribution in [2.75, 3.05) is 23.8 Å². The van der Waals surface area contributed by atoms with E-state index in [1.807, 2.05) is 31.2 Å². The molecule has 1 aromatic heterocycles. The summed E-state index contributed by atoms with van der Waals surface area (Å²) in [6.45, 7) is 2.27. The van der Waals surface area contributed by atoms with Crippen molar-refractivity contribution in [1.82, 2.24) is 15.1 Å². The number of aromatic nitrogens is 2. The first-order valence-corrected chi connectivity index (χ1v) is 7.86. The van der Waals surface area contributed by atoms with Crippen LogP contribution in [0.25, 0.3) is 0 Å². The number of fused-ring (bicyclic) bond motifs is 1. The Morgan fingerprint density at radius 1 is 1.33 bits per heavy atom. The number of carbonyl (C=O) groups excluding carboxylic acids is 2. The monoisotopic (exact) mass is 327 g/mol. The summed E-state index contributed by atoms with van der Waals surface area (Å²) in [6.07, 6.45) is 0.388. The Bertz CT molecular complexity index is 783. The molecule has 0 saturated heterocycles. The van der Waals surface area contributed by atoms with E-state index >= 15 is 0 Å². The number of urea groups is 1. The SMILES string of the molecule is Cc1cc(NC(=O)NCC2CC(=O)N(C)c3ccccc32)n(C)n1. The molecular formula is C17H21N5O2. The number of nitrogens with one attached hydrogen (secondary N) is 2. The largest absolute Gasteiger partial charge is 0.337 e. The van der Waals surface area contributed by atoms with E-state index in [0.29, 0.717) is 18.8 Å². The van der Waals surface area contributed by atoms with E-state index in [9.17, 15) is 9.59 Å². The smallest absolute Gasteiger partial charge is 0.320 e. The van der Waals surface area contributed by atoms with Crippen LogP contribution in [0.15, 0.2) is 30.3 Å². The van der Waals surface area contributed by atoms with Crippen LogP contribution in [-0.4, -0.2) is 35.3 Å². The van der Waals surface area contributed by atoms with E-state index in [1.54, 1.807) is 29.7 Å². The molecule has 1 unspecified atom stereocenters. The highest BCUT2D eigenvalue weighted by molar-refractivity contribution is 5.96.